The number of pyridine rings is 1. The highest BCUT2D eigenvalue weighted by Gasteiger charge is 2.31. The molecule has 2 aromatic rings. The minimum atomic E-state index is -4.78. The summed E-state index contributed by atoms with van der Waals surface area (Å²) in [6, 6.07) is 6.06. The van der Waals surface area contributed by atoms with E-state index in [-0.39, 0.29) is 17.0 Å². The summed E-state index contributed by atoms with van der Waals surface area (Å²) in [5, 5.41) is 9.20. The quantitative estimate of drug-likeness (QED) is 0.937. The molecule has 1 heterocycles. The average Bonchev–Trinajstić information content (AvgIpc) is 2.45. The number of alkyl halides is 3. The molecule has 0 saturated carbocycles. The van der Waals surface area contributed by atoms with Gasteiger partial charge in [-0.1, -0.05) is 12.1 Å². The lowest BCUT2D eigenvalue weighted by Gasteiger charge is -2.10. The molecule has 0 saturated heterocycles. The van der Waals surface area contributed by atoms with Gasteiger partial charge in [-0.3, -0.25) is 0 Å². The van der Waals surface area contributed by atoms with Crippen LogP contribution in [0.3, 0.4) is 0 Å². The smallest absolute Gasteiger partial charge is 0.481 e. The molecule has 2 rings (SSSR count). The van der Waals surface area contributed by atoms with E-state index in [4.69, 9.17) is 4.74 Å². The van der Waals surface area contributed by atoms with Crippen molar-refractivity contribution in [2.75, 3.05) is 7.11 Å². The third-order valence-electron chi connectivity index (χ3n) is 2.72. The normalized spacial score (nSPS) is 11.1. The van der Waals surface area contributed by atoms with Crippen LogP contribution in [0.2, 0.25) is 0 Å². The summed E-state index contributed by atoms with van der Waals surface area (Å²) >= 11 is 0. The van der Waals surface area contributed by atoms with Crippen LogP contribution in [0.4, 0.5) is 13.2 Å². The number of ether oxygens (including phenoxy) is 2. The Kier molecular flexibility index (Phi) is 4.20. The number of benzene rings is 1. The molecule has 1 N–H and O–H groups in total. The third kappa shape index (κ3) is 3.66. The zero-order valence-electron chi connectivity index (χ0n) is 11.2. The molecular formula is C14H10F3NO4. The number of methoxy groups -OCH3 is 1. The molecular weight excluding hydrogens is 303 g/mol. The minimum absolute atomic E-state index is 0.0728. The molecule has 5 nitrogen and oxygen atoms in total. The van der Waals surface area contributed by atoms with Crippen LogP contribution in [0.25, 0.3) is 11.1 Å². The summed E-state index contributed by atoms with van der Waals surface area (Å²) in [5.74, 6) is -1.47. The molecule has 1 aromatic carbocycles. The molecule has 0 aliphatic heterocycles. The SMILES string of the molecule is COc1cc(C(=O)O)c(-c2ccc(OC(F)(F)F)cc2)cn1. The van der Waals surface area contributed by atoms with Crippen LogP contribution < -0.4 is 9.47 Å². The van der Waals surface area contributed by atoms with Crippen molar-refractivity contribution in [1.82, 2.24) is 4.98 Å². The number of rotatable bonds is 4. The Labute approximate surface area is 122 Å². The summed E-state index contributed by atoms with van der Waals surface area (Å²) in [7, 11) is 1.34. The standard InChI is InChI=1S/C14H10F3NO4/c1-21-12-6-10(13(19)20)11(7-18-12)8-2-4-9(5-3-8)22-14(15,16)17/h2-7H,1H3,(H,19,20). The molecule has 0 bridgehead atoms. The van der Waals surface area contributed by atoms with Crippen LogP contribution in [0.5, 0.6) is 11.6 Å². The number of nitrogens with zero attached hydrogens (tertiary/aromatic N) is 1. The maximum atomic E-state index is 12.1. The molecule has 1 aromatic heterocycles. The second kappa shape index (κ2) is 5.92. The number of carboxylic acid groups (broad SMARTS) is 1. The molecule has 0 radical (unpaired) electrons. The first-order valence-corrected chi connectivity index (χ1v) is 5.93. The third-order valence-corrected chi connectivity index (χ3v) is 2.72. The Morgan fingerprint density at radius 2 is 1.86 bits per heavy atom. The lowest BCUT2D eigenvalue weighted by molar-refractivity contribution is -0.274. The van der Waals surface area contributed by atoms with E-state index in [9.17, 15) is 23.1 Å². The first-order valence-electron chi connectivity index (χ1n) is 5.93. The number of carboxylic acids is 1. The van der Waals surface area contributed by atoms with Gasteiger partial charge >= 0.3 is 12.3 Å². The Morgan fingerprint density at radius 3 is 2.36 bits per heavy atom. The first-order chi connectivity index (χ1) is 10.3. The van der Waals surface area contributed by atoms with E-state index in [1.807, 2.05) is 0 Å². The fraction of sp³-hybridized carbons (Fsp3) is 0.143. The van der Waals surface area contributed by atoms with Gasteiger partial charge in [0.1, 0.15) is 5.75 Å². The Bertz CT molecular complexity index is 683. The van der Waals surface area contributed by atoms with E-state index in [0.717, 1.165) is 12.1 Å². The number of aromatic carboxylic acids is 1. The lowest BCUT2D eigenvalue weighted by Crippen LogP contribution is -2.16. The zero-order valence-corrected chi connectivity index (χ0v) is 11.2. The summed E-state index contributed by atoms with van der Waals surface area (Å²) in [6.07, 6.45) is -3.50. The van der Waals surface area contributed by atoms with Crippen molar-refractivity contribution in [1.29, 1.82) is 0 Å². The van der Waals surface area contributed by atoms with Crippen molar-refractivity contribution in [3.63, 3.8) is 0 Å². The van der Waals surface area contributed by atoms with Crippen molar-refractivity contribution in [3.8, 4) is 22.8 Å². The van der Waals surface area contributed by atoms with Gasteiger partial charge in [0.15, 0.2) is 0 Å². The maximum Gasteiger partial charge on any atom is 0.573 e. The average molecular weight is 313 g/mol. The van der Waals surface area contributed by atoms with Gasteiger partial charge in [0.2, 0.25) is 5.88 Å². The Morgan fingerprint density at radius 1 is 1.23 bits per heavy atom. The van der Waals surface area contributed by atoms with Crippen LogP contribution in [-0.2, 0) is 0 Å². The maximum absolute atomic E-state index is 12.1. The fourth-order valence-electron chi connectivity index (χ4n) is 1.79. The van der Waals surface area contributed by atoms with Gasteiger partial charge in [0.25, 0.3) is 0 Å². The Hall–Kier alpha value is -2.77. The van der Waals surface area contributed by atoms with Crippen LogP contribution in [0.15, 0.2) is 36.5 Å². The van der Waals surface area contributed by atoms with E-state index >= 15 is 0 Å². The van der Waals surface area contributed by atoms with Crippen LogP contribution >= 0.6 is 0 Å². The molecule has 0 amide bonds. The summed E-state index contributed by atoms with van der Waals surface area (Å²) in [6.45, 7) is 0. The zero-order chi connectivity index (χ0) is 16.3. The van der Waals surface area contributed by atoms with E-state index in [2.05, 4.69) is 9.72 Å². The van der Waals surface area contributed by atoms with Crippen LogP contribution in [0, 0.1) is 0 Å². The summed E-state index contributed by atoms with van der Waals surface area (Å²) in [5.41, 5.74) is 0.574. The van der Waals surface area contributed by atoms with Crippen molar-refractivity contribution in [2.45, 2.75) is 6.36 Å². The van der Waals surface area contributed by atoms with E-state index in [0.29, 0.717) is 5.56 Å². The fourth-order valence-corrected chi connectivity index (χ4v) is 1.79. The molecule has 22 heavy (non-hydrogen) atoms. The number of hydrogen-bond donors (Lipinski definition) is 1. The van der Waals surface area contributed by atoms with Crippen LogP contribution in [0.1, 0.15) is 10.4 Å². The molecule has 0 unspecified atom stereocenters. The molecule has 0 spiro atoms. The largest absolute Gasteiger partial charge is 0.573 e. The molecule has 0 aliphatic rings. The molecule has 0 atom stereocenters. The topological polar surface area (TPSA) is 68.7 Å². The van der Waals surface area contributed by atoms with Gasteiger partial charge in [-0.15, -0.1) is 13.2 Å². The van der Waals surface area contributed by atoms with Crippen LogP contribution in [-0.4, -0.2) is 29.5 Å². The predicted molar refractivity (Wildman–Crippen MR) is 69.9 cm³/mol. The van der Waals surface area contributed by atoms with Gasteiger partial charge in [-0.25, -0.2) is 9.78 Å². The number of aromatic nitrogens is 1. The predicted octanol–water partition coefficient (Wildman–Crippen LogP) is 3.35. The van der Waals surface area contributed by atoms with Gasteiger partial charge in [0, 0.05) is 17.8 Å². The molecule has 0 aliphatic carbocycles. The van der Waals surface area contributed by atoms with Crippen molar-refractivity contribution >= 4 is 5.97 Å². The van der Waals surface area contributed by atoms with E-state index in [1.54, 1.807) is 0 Å². The summed E-state index contributed by atoms with van der Waals surface area (Å²) < 4.78 is 44.9. The van der Waals surface area contributed by atoms with Crippen molar-refractivity contribution < 1.29 is 32.5 Å². The second-order valence-electron chi connectivity index (χ2n) is 4.15. The Balaban J connectivity index is 2.38. The van der Waals surface area contributed by atoms with Crippen molar-refractivity contribution in [3.05, 3.63) is 42.1 Å². The minimum Gasteiger partial charge on any atom is -0.481 e. The van der Waals surface area contributed by atoms with Gasteiger partial charge in [-0.2, -0.15) is 0 Å². The van der Waals surface area contributed by atoms with Gasteiger partial charge in [0.05, 0.1) is 12.7 Å². The number of carbonyl (C=O) groups is 1. The van der Waals surface area contributed by atoms with Gasteiger partial charge in [-0.05, 0) is 17.7 Å². The number of hydrogen-bond acceptors (Lipinski definition) is 4. The van der Waals surface area contributed by atoms with E-state index < -0.39 is 18.1 Å². The van der Waals surface area contributed by atoms with Gasteiger partial charge < -0.3 is 14.6 Å². The lowest BCUT2D eigenvalue weighted by atomic mass is 10.0. The highest BCUT2D eigenvalue weighted by Crippen LogP contribution is 2.29. The highest BCUT2D eigenvalue weighted by atomic mass is 19.4. The monoisotopic (exact) mass is 313 g/mol. The van der Waals surface area contributed by atoms with E-state index in [1.165, 1.54) is 31.5 Å². The highest BCUT2D eigenvalue weighted by molar-refractivity contribution is 5.96. The first kappa shape index (κ1) is 15.6. The second-order valence-corrected chi connectivity index (χ2v) is 4.15. The summed E-state index contributed by atoms with van der Waals surface area (Å²) in [4.78, 5) is 15.2. The molecule has 116 valence electrons. The van der Waals surface area contributed by atoms with Crippen molar-refractivity contribution in [2.24, 2.45) is 0 Å². The molecule has 0 fully saturated rings. The molecule has 8 heteroatoms. The number of halogens is 3.